The quantitative estimate of drug-likeness (QED) is 0.665. The molecule has 3 aromatic rings. The van der Waals surface area contributed by atoms with E-state index in [9.17, 15) is 9.18 Å². The van der Waals surface area contributed by atoms with Crippen LogP contribution in [-0.2, 0) is 6.42 Å². The summed E-state index contributed by atoms with van der Waals surface area (Å²) in [5.41, 5.74) is 3.65. The third-order valence-electron chi connectivity index (χ3n) is 4.79. The van der Waals surface area contributed by atoms with Crippen LogP contribution in [0.2, 0.25) is 10.2 Å². The Morgan fingerprint density at radius 2 is 1.96 bits per heavy atom. The van der Waals surface area contributed by atoms with E-state index in [1.54, 1.807) is 19.1 Å². The Morgan fingerprint density at radius 1 is 1.22 bits per heavy atom. The fourth-order valence-electron chi connectivity index (χ4n) is 3.48. The van der Waals surface area contributed by atoms with Crippen LogP contribution < -0.4 is 5.32 Å². The fourth-order valence-corrected chi connectivity index (χ4v) is 4.03. The second kappa shape index (κ2) is 6.98. The third kappa shape index (κ3) is 3.33. The molecule has 1 N–H and O–H groups in total. The standard InChI is InChI=1S/C20H16Cl2FN3O/c1-11-18(19(22)26(25-11)15-6-4-14(23)5-7-15)20(27)24-17-9-2-12-10-13(21)3-8-16(12)17/h3-8,10,17H,2,9H2,1H3,(H,24,27). The second-order valence-corrected chi connectivity index (χ2v) is 7.34. The minimum atomic E-state index is -0.350. The molecule has 4 nitrogen and oxygen atoms in total. The summed E-state index contributed by atoms with van der Waals surface area (Å²) in [6.45, 7) is 1.73. The molecule has 0 saturated heterocycles. The molecule has 4 rings (SSSR count). The molecule has 138 valence electrons. The van der Waals surface area contributed by atoms with Gasteiger partial charge in [0.25, 0.3) is 5.91 Å². The maximum atomic E-state index is 13.2. The Balaban J connectivity index is 1.61. The average molecular weight is 404 g/mol. The van der Waals surface area contributed by atoms with Gasteiger partial charge in [-0.2, -0.15) is 5.10 Å². The highest BCUT2D eigenvalue weighted by Crippen LogP contribution is 2.33. The summed E-state index contributed by atoms with van der Waals surface area (Å²) < 4.78 is 14.6. The fraction of sp³-hybridized carbons (Fsp3) is 0.200. The number of halogens is 3. The first-order valence-electron chi connectivity index (χ1n) is 8.54. The maximum Gasteiger partial charge on any atom is 0.256 e. The van der Waals surface area contributed by atoms with Crippen LogP contribution in [0.3, 0.4) is 0 Å². The van der Waals surface area contributed by atoms with Gasteiger partial charge < -0.3 is 5.32 Å². The average Bonchev–Trinajstić information content (AvgIpc) is 3.15. The normalized spacial score (nSPS) is 15.6. The first kappa shape index (κ1) is 18.0. The summed E-state index contributed by atoms with van der Waals surface area (Å²) in [6, 6.07) is 11.4. The van der Waals surface area contributed by atoms with Gasteiger partial charge in [-0.05, 0) is 67.3 Å². The molecule has 1 aromatic heterocycles. The molecule has 1 aliphatic rings. The third-order valence-corrected chi connectivity index (χ3v) is 5.37. The molecular formula is C20H16Cl2FN3O. The molecule has 0 aliphatic heterocycles. The zero-order valence-electron chi connectivity index (χ0n) is 14.5. The molecule has 2 aromatic carbocycles. The Kier molecular flexibility index (Phi) is 4.66. The largest absolute Gasteiger partial charge is 0.345 e. The van der Waals surface area contributed by atoms with Crippen LogP contribution in [0.25, 0.3) is 5.69 Å². The number of amides is 1. The van der Waals surface area contributed by atoms with Crippen molar-refractivity contribution in [1.29, 1.82) is 0 Å². The number of fused-ring (bicyclic) bond motifs is 1. The van der Waals surface area contributed by atoms with Crippen molar-refractivity contribution in [2.24, 2.45) is 0 Å². The molecule has 0 saturated carbocycles. The number of hydrogen-bond acceptors (Lipinski definition) is 2. The van der Waals surface area contributed by atoms with E-state index in [0.29, 0.717) is 22.0 Å². The van der Waals surface area contributed by atoms with E-state index in [1.807, 2.05) is 18.2 Å². The van der Waals surface area contributed by atoms with Gasteiger partial charge in [0.1, 0.15) is 11.0 Å². The van der Waals surface area contributed by atoms with Gasteiger partial charge >= 0.3 is 0 Å². The minimum absolute atomic E-state index is 0.0885. The smallest absolute Gasteiger partial charge is 0.256 e. The number of nitrogens with one attached hydrogen (secondary N) is 1. The van der Waals surface area contributed by atoms with Crippen molar-refractivity contribution in [2.75, 3.05) is 0 Å². The maximum absolute atomic E-state index is 13.2. The van der Waals surface area contributed by atoms with Crippen molar-refractivity contribution in [3.8, 4) is 5.69 Å². The monoisotopic (exact) mass is 403 g/mol. The number of hydrogen-bond donors (Lipinski definition) is 1. The first-order valence-corrected chi connectivity index (χ1v) is 9.30. The predicted octanol–water partition coefficient (Wildman–Crippen LogP) is 5.04. The first-order chi connectivity index (χ1) is 12.9. The van der Waals surface area contributed by atoms with Gasteiger partial charge in [0, 0.05) is 5.02 Å². The van der Waals surface area contributed by atoms with E-state index in [2.05, 4.69) is 10.4 Å². The second-order valence-electron chi connectivity index (χ2n) is 6.55. The molecule has 1 aliphatic carbocycles. The van der Waals surface area contributed by atoms with Gasteiger partial charge in [0.05, 0.1) is 23.0 Å². The Bertz CT molecular complexity index is 1030. The molecule has 1 unspecified atom stereocenters. The lowest BCUT2D eigenvalue weighted by molar-refractivity contribution is 0.0936. The molecule has 0 spiro atoms. The minimum Gasteiger partial charge on any atom is -0.345 e. The number of rotatable bonds is 3. The molecule has 1 amide bonds. The Morgan fingerprint density at radius 3 is 2.70 bits per heavy atom. The van der Waals surface area contributed by atoms with Gasteiger partial charge in [-0.25, -0.2) is 9.07 Å². The molecular weight excluding hydrogens is 388 g/mol. The van der Waals surface area contributed by atoms with Crippen LogP contribution in [0.15, 0.2) is 42.5 Å². The van der Waals surface area contributed by atoms with Crippen LogP contribution in [0.1, 0.15) is 39.6 Å². The summed E-state index contributed by atoms with van der Waals surface area (Å²) in [5, 5.41) is 8.29. The lowest BCUT2D eigenvalue weighted by atomic mass is 10.1. The summed E-state index contributed by atoms with van der Waals surface area (Å²) >= 11 is 12.5. The molecule has 0 bridgehead atoms. The number of carbonyl (C=O) groups is 1. The van der Waals surface area contributed by atoms with E-state index in [1.165, 1.54) is 16.8 Å². The molecule has 0 fully saturated rings. The number of benzene rings is 2. The van der Waals surface area contributed by atoms with E-state index in [4.69, 9.17) is 23.2 Å². The SMILES string of the molecule is Cc1nn(-c2ccc(F)cc2)c(Cl)c1C(=O)NC1CCc2cc(Cl)ccc21. The molecule has 0 radical (unpaired) electrons. The molecule has 7 heteroatoms. The van der Waals surface area contributed by atoms with Crippen LogP contribution in [-0.4, -0.2) is 15.7 Å². The van der Waals surface area contributed by atoms with Crippen molar-refractivity contribution in [3.63, 3.8) is 0 Å². The number of aromatic nitrogens is 2. The van der Waals surface area contributed by atoms with Crippen LogP contribution in [0.5, 0.6) is 0 Å². The summed E-state index contributed by atoms with van der Waals surface area (Å²) in [6.07, 6.45) is 1.67. The van der Waals surface area contributed by atoms with Crippen LogP contribution in [0.4, 0.5) is 4.39 Å². The molecule has 1 heterocycles. The Hall–Kier alpha value is -2.37. The van der Waals surface area contributed by atoms with Crippen molar-refractivity contribution in [2.45, 2.75) is 25.8 Å². The van der Waals surface area contributed by atoms with Gasteiger partial charge in [-0.1, -0.05) is 29.3 Å². The van der Waals surface area contributed by atoms with Crippen LogP contribution >= 0.6 is 23.2 Å². The zero-order chi connectivity index (χ0) is 19.1. The number of nitrogens with zero attached hydrogens (tertiary/aromatic N) is 2. The van der Waals surface area contributed by atoms with Gasteiger partial charge in [-0.15, -0.1) is 0 Å². The van der Waals surface area contributed by atoms with Crippen LogP contribution in [0, 0.1) is 12.7 Å². The summed E-state index contributed by atoms with van der Waals surface area (Å²) in [5.74, 6) is -0.629. The van der Waals surface area contributed by atoms with Crippen molar-refractivity contribution in [1.82, 2.24) is 15.1 Å². The molecule has 1 atom stereocenters. The Labute approximate surface area is 165 Å². The van der Waals surface area contributed by atoms with Gasteiger partial charge in [-0.3, -0.25) is 4.79 Å². The van der Waals surface area contributed by atoms with E-state index >= 15 is 0 Å². The number of aryl methyl sites for hydroxylation is 2. The van der Waals surface area contributed by atoms with Crippen molar-refractivity contribution >= 4 is 29.1 Å². The van der Waals surface area contributed by atoms with Gasteiger partial charge in [0.2, 0.25) is 0 Å². The zero-order valence-corrected chi connectivity index (χ0v) is 16.0. The van der Waals surface area contributed by atoms with E-state index in [-0.39, 0.29) is 22.9 Å². The lowest BCUT2D eigenvalue weighted by Gasteiger charge is -2.14. The van der Waals surface area contributed by atoms with Crippen molar-refractivity contribution < 1.29 is 9.18 Å². The lowest BCUT2D eigenvalue weighted by Crippen LogP contribution is -2.27. The summed E-state index contributed by atoms with van der Waals surface area (Å²) in [7, 11) is 0. The highest BCUT2D eigenvalue weighted by atomic mass is 35.5. The summed E-state index contributed by atoms with van der Waals surface area (Å²) in [4.78, 5) is 12.9. The predicted molar refractivity (Wildman–Crippen MR) is 103 cm³/mol. The highest BCUT2D eigenvalue weighted by Gasteiger charge is 2.27. The highest BCUT2D eigenvalue weighted by molar-refractivity contribution is 6.33. The van der Waals surface area contributed by atoms with E-state index in [0.717, 1.165) is 24.0 Å². The topological polar surface area (TPSA) is 46.9 Å². The van der Waals surface area contributed by atoms with E-state index < -0.39 is 0 Å². The number of carbonyl (C=O) groups excluding carboxylic acids is 1. The molecule has 27 heavy (non-hydrogen) atoms. The van der Waals surface area contributed by atoms with Crippen molar-refractivity contribution in [3.05, 3.63) is 80.8 Å². The van der Waals surface area contributed by atoms with Gasteiger partial charge in [0.15, 0.2) is 0 Å².